The highest BCUT2D eigenvalue weighted by Crippen LogP contribution is 2.46. The van der Waals surface area contributed by atoms with E-state index < -0.39 is 23.3 Å². The molecule has 3 atom stereocenters. The summed E-state index contributed by atoms with van der Waals surface area (Å²) in [6.07, 6.45) is 11.9. The van der Waals surface area contributed by atoms with Gasteiger partial charge in [0.15, 0.2) is 0 Å². The van der Waals surface area contributed by atoms with Crippen molar-refractivity contribution in [3.63, 3.8) is 0 Å². The van der Waals surface area contributed by atoms with Gasteiger partial charge in [-0.3, -0.25) is 19.1 Å². The first kappa shape index (κ1) is 28.3. The summed E-state index contributed by atoms with van der Waals surface area (Å²) in [6, 6.07) is -0.659. The third-order valence-corrected chi connectivity index (χ3v) is 7.72. The van der Waals surface area contributed by atoms with Gasteiger partial charge in [-0.1, -0.05) is 31.9 Å². The molecular formula is C26H42N4O5S. The molecule has 3 fully saturated rings. The summed E-state index contributed by atoms with van der Waals surface area (Å²) < 4.78 is 8.14. The van der Waals surface area contributed by atoms with Gasteiger partial charge in [0, 0.05) is 17.7 Å². The van der Waals surface area contributed by atoms with Crippen LogP contribution in [0.3, 0.4) is 0 Å². The zero-order valence-corrected chi connectivity index (χ0v) is 22.9. The lowest BCUT2D eigenvalue weighted by atomic mass is 10.1. The Kier molecular flexibility index (Phi) is 9.72. The summed E-state index contributed by atoms with van der Waals surface area (Å²) >= 11 is 1.44. The van der Waals surface area contributed by atoms with E-state index >= 15 is 0 Å². The standard InChI is InChI=1S/C26H42N4O5S/c1-5-6-7-8-9-11-18-16-26(18,23(33)29-36-19-13-14-19)28-22(32)20-12-10-15-30(20)21(31)17-27-24(34)35-25(2,3)4/h9,11,18-20H,5-8,10,12-17H2,1-4H3,(H,27,34)(H,28,32)(H,29,33)/b11-9-. The highest BCUT2D eigenvalue weighted by molar-refractivity contribution is 7.98. The third kappa shape index (κ3) is 8.15. The SMILES string of the molecule is CCCCC/C=C\C1CC1(NC(=O)C1CCCN1C(=O)CNC(=O)OC(C)(C)C)C(=O)NSC1CC1. The fraction of sp³-hybridized carbons (Fsp3) is 0.769. The highest BCUT2D eigenvalue weighted by Gasteiger charge is 2.60. The third-order valence-electron chi connectivity index (χ3n) is 6.61. The van der Waals surface area contributed by atoms with Crippen molar-refractivity contribution in [3.05, 3.63) is 12.2 Å². The molecule has 0 radical (unpaired) electrons. The average molecular weight is 523 g/mol. The predicted molar refractivity (Wildman–Crippen MR) is 140 cm³/mol. The number of carbonyl (C=O) groups excluding carboxylic acids is 4. The maximum absolute atomic E-state index is 13.3. The number of nitrogens with one attached hydrogen (secondary N) is 3. The van der Waals surface area contributed by atoms with Gasteiger partial charge >= 0.3 is 6.09 Å². The van der Waals surface area contributed by atoms with Gasteiger partial charge < -0.3 is 20.3 Å². The lowest BCUT2D eigenvalue weighted by molar-refractivity contribution is -0.139. The number of allylic oxidation sites excluding steroid dienone is 1. The lowest BCUT2D eigenvalue weighted by Crippen LogP contribution is -2.55. The molecule has 3 rings (SSSR count). The summed E-state index contributed by atoms with van der Waals surface area (Å²) in [4.78, 5) is 52.7. The Morgan fingerprint density at radius 1 is 1.14 bits per heavy atom. The largest absolute Gasteiger partial charge is 0.444 e. The first-order chi connectivity index (χ1) is 17.1. The molecule has 9 nitrogen and oxygen atoms in total. The Morgan fingerprint density at radius 2 is 1.89 bits per heavy atom. The number of alkyl carbamates (subject to hydrolysis) is 1. The van der Waals surface area contributed by atoms with Gasteiger partial charge in [0.2, 0.25) is 11.8 Å². The van der Waals surface area contributed by atoms with E-state index in [0.717, 1.165) is 32.1 Å². The molecule has 1 heterocycles. The molecule has 0 aromatic rings. The van der Waals surface area contributed by atoms with Crippen molar-refractivity contribution in [2.45, 2.75) is 108 Å². The van der Waals surface area contributed by atoms with E-state index in [1.54, 1.807) is 20.8 Å². The van der Waals surface area contributed by atoms with Crippen LogP contribution in [0.1, 0.15) is 85.5 Å². The van der Waals surface area contributed by atoms with Crippen LogP contribution in [0.25, 0.3) is 0 Å². The van der Waals surface area contributed by atoms with Gasteiger partial charge in [-0.25, -0.2) is 4.79 Å². The molecule has 0 aromatic heterocycles. The van der Waals surface area contributed by atoms with Crippen LogP contribution in [0, 0.1) is 5.92 Å². The fourth-order valence-corrected chi connectivity index (χ4v) is 5.20. The average Bonchev–Trinajstić information content (AvgIpc) is 3.71. The smallest absolute Gasteiger partial charge is 0.408 e. The number of amides is 4. The molecule has 2 aliphatic carbocycles. The van der Waals surface area contributed by atoms with E-state index in [-0.39, 0.29) is 30.2 Å². The van der Waals surface area contributed by atoms with E-state index in [1.165, 1.54) is 23.3 Å². The highest BCUT2D eigenvalue weighted by atomic mass is 32.2. The Balaban J connectivity index is 1.58. The van der Waals surface area contributed by atoms with Gasteiger partial charge in [0.05, 0.1) is 0 Å². The van der Waals surface area contributed by atoms with Crippen molar-refractivity contribution in [1.82, 2.24) is 20.3 Å². The van der Waals surface area contributed by atoms with Crippen molar-refractivity contribution in [2.24, 2.45) is 5.92 Å². The van der Waals surface area contributed by atoms with Gasteiger partial charge in [-0.2, -0.15) is 0 Å². The van der Waals surface area contributed by atoms with Crippen LogP contribution in [0.15, 0.2) is 12.2 Å². The molecule has 1 aliphatic heterocycles. The number of hydrogen-bond donors (Lipinski definition) is 3. The predicted octanol–water partition coefficient (Wildman–Crippen LogP) is 3.44. The maximum atomic E-state index is 13.3. The maximum Gasteiger partial charge on any atom is 0.408 e. The molecule has 3 N–H and O–H groups in total. The Bertz CT molecular complexity index is 854. The Hall–Kier alpha value is -2.23. The van der Waals surface area contributed by atoms with Gasteiger partial charge in [-0.05, 0) is 77.7 Å². The first-order valence-corrected chi connectivity index (χ1v) is 14.1. The van der Waals surface area contributed by atoms with E-state index in [4.69, 9.17) is 4.74 Å². The summed E-state index contributed by atoms with van der Waals surface area (Å²) in [5.74, 6) is -0.878. The van der Waals surface area contributed by atoms with Crippen LogP contribution in [-0.4, -0.2) is 64.2 Å². The van der Waals surface area contributed by atoms with Crippen molar-refractivity contribution >= 4 is 35.8 Å². The van der Waals surface area contributed by atoms with Crippen molar-refractivity contribution in [3.8, 4) is 0 Å². The lowest BCUT2D eigenvalue weighted by Gasteiger charge is -2.27. The molecule has 36 heavy (non-hydrogen) atoms. The molecule has 202 valence electrons. The van der Waals surface area contributed by atoms with E-state index in [0.29, 0.717) is 31.1 Å². The molecule has 0 aromatic carbocycles. The van der Waals surface area contributed by atoms with Crippen LogP contribution in [0.5, 0.6) is 0 Å². The number of hydrogen-bond acceptors (Lipinski definition) is 6. The zero-order valence-electron chi connectivity index (χ0n) is 22.1. The van der Waals surface area contributed by atoms with Gasteiger partial charge in [-0.15, -0.1) is 0 Å². The second-order valence-electron chi connectivity index (χ2n) is 11.0. The Morgan fingerprint density at radius 3 is 2.56 bits per heavy atom. The molecule has 0 bridgehead atoms. The number of nitrogens with zero attached hydrogens (tertiary/aromatic N) is 1. The summed E-state index contributed by atoms with van der Waals surface area (Å²) in [7, 11) is 0. The minimum Gasteiger partial charge on any atom is -0.444 e. The van der Waals surface area contributed by atoms with E-state index in [1.807, 2.05) is 0 Å². The monoisotopic (exact) mass is 522 g/mol. The van der Waals surface area contributed by atoms with Crippen molar-refractivity contribution in [2.75, 3.05) is 13.1 Å². The minimum absolute atomic E-state index is 0.0535. The topological polar surface area (TPSA) is 117 Å². The number of unbranched alkanes of at least 4 members (excludes halogenated alkanes) is 3. The first-order valence-electron chi connectivity index (χ1n) is 13.3. The van der Waals surface area contributed by atoms with Gasteiger partial charge in [0.25, 0.3) is 5.91 Å². The normalized spacial score (nSPS) is 25.5. The summed E-state index contributed by atoms with van der Waals surface area (Å²) in [5, 5.41) is 5.95. The molecule has 3 aliphatic rings. The minimum atomic E-state index is -0.966. The van der Waals surface area contributed by atoms with Crippen LogP contribution in [0.4, 0.5) is 4.79 Å². The molecule has 0 spiro atoms. The van der Waals surface area contributed by atoms with E-state index in [9.17, 15) is 19.2 Å². The molecule has 1 saturated heterocycles. The van der Waals surface area contributed by atoms with Crippen LogP contribution >= 0.6 is 11.9 Å². The fourth-order valence-electron chi connectivity index (χ4n) is 4.37. The molecule has 3 unspecified atom stereocenters. The van der Waals surface area contributed by atoms with Crippen molar-refractivity contribution in [1.29, 1.82) is 0 Å². The zero-order chi connectivity index (χ0) is 26.3. The van der Waals surface area contributed by atoms with Crippen molar-refractivity contribution < 1.29 is 23.9 Å². The quantitative estimate of drug-likeness (QED) is 0.205. The molecule has 4 amide bonds. The Labute approximate surface area is 219 Å². The number of ether oxygens (including phenoxy) is 1. The summed E-state index contributed by atoms with van der Waals surface area (Å²) in [5.41, 5.74) is -1.63. The van der Waals surface area contributed by atoms with Crippen LogP contribution in [0.2, 0.25) is 0 Å². The summed E-state index contributed by atoms with van der Waals surface area (Å²) in [6.45, 7) is 7.59. The van der Waals surface area contributed by atoms with Crippen LogP contribution in [-0.2, 0) is 19.1 Å². The molecular weight excluding hydrogens is 480 g/mol. The number of carbonyl (C=O) groups is 4. The van der Waals surface area contributed by atoms with Gasteiger partial charge in [0.1, 0.15) is 23.7 Å². The molecule has 10 heteroatoms. The molecule has 2 saturated carbocycles. The second-order valence-corrected chi connectivity index (χ2v) is 12.2. The number of likely N-dealkylation sites (tertiary alicyclic amines) is 1. The second kappa shape index (κ2) is 12.3. The number of rotatable bonds is 12. The van der Waals surface area contributed by atoms with E-state index in [2.05, 4.69) is 34.4 Å². The van der Waals surface area contributed by atoms with Crippen LogP contribution < -0.4 is 15.4 Å².